The van der Waals surface area contributed by atoms with E-state index >= 15 is 0 Å². The standard InChI is InChI=1S/C11H12FNO2S/c12-9-4-2-1-3-8(9)11-13(5-6-14)10(15)7-16-11/h1-4,11,14H,5-7H2/t11-/m0/s1. The zero-order valence-electron chi connectivity index (χ0n) is 8.60. The Bertz CT molecular complexity index is 399. The minimum absolute atomic E-state index is 0.0488. The maximum absolute atomic E-state index is 13.6. The van der Waals surface area contributed by atoms with E-state index in [0.717, 1.165) is 0 Å². The number of hydrogen-bond acceptors (Lipinski definition) is 3. The van der Waals surface area contributed by atoms with Gasteiger partial charge in [-0.05, 0) is 6.07 Å². The molecule has 1 aromatic carbocycles. The van der Waals surface area contributed by atoms with Gasteiger partial charge in [0.05, 0.1) is 12.4 Å². The summed E-state index contributed by atoms with van der Waals surface area (Å²) in [5, 5.41) is 8.58. The lowest BCUT2D eigenvalue weighted by Gasteiger charge is -2.23. The van der Waals surface area contributed by atoms with Crippen LogP contribution in [-0.4, -0.2) is 34.8 Å². The summed E-state index contributed by atoms with van der Waals surface area (Å²) in [4.78, 5) is 13.0. The molecule has 0 saturated carbocycles. The van der Waals surface area contributed by atoms with Crippen molar-refractivity contribution in [1.82, 2.24) is 4.90 Å². The molecule has 1 heterocycles. The van der Waals surface area contributed by atoms with Gasteiger partial charge in [0.25, 0.3) is 0 Å². The van der Waals surface area contributed by atoms with Gasteiger partial charge in [0.1, 0.15) is 11.2 Å². The number of carbonyl (C=O) groups excluding carboxylic acids is 1. The zero-order chi connectivity index (χ0) is 11.5. The number of aliphatic hydroxyl groups is 1. The number of thioether (sulfide) groups is 1. The topological polar surface area (TPSA) is 40.5 Å². The average Bonchev–Trinajstić information content (AvgIpc) is 2.62. The van der Waals surface area contributed by atoms with Crippen molar-refractivity contribution < 1.29 is 14.3 Å². The van der Waals surface area contributed by atoms with Gasteiger partial charge in [-0.2, -0.15) is 0 Å². The minimum atomic E-state index is -0.308. The van der Waals surface area contributed by atoms with Gasteiger partial charge in [-0.3, -0.25) is 4.79 Å². The highest BCUT2D eigenvalue weighted by Crippen LogP contribution is 2.39. The van der Waals surface area contributed by atoms with Crippen LogP contribution in [0.4, 0.5) is 4.39 Å². The van der Waals surface area contributed by atoms with Gasteiger partial charge in [-0.15, -0.1) is 11.8 Å². The van der Waals surface area contributed by atoms with E-state index in [1.807, 2.05) is 0 Å². The summed E-state index contributed by atoms with van der Waals surface area (Å²) in [5.41, 5.74) is 0.506. The predicted octanol–water partition coefficient (Wildman–Crippen LogP) is 1.39. The van der Waals surface area contributed by atoms with Crippen molar-refractivity contribution in [3.8, 4) is 0 Å². The molecule has 2 rings (SSSR count). The van der Waals surface area contributed by atoms with Crippen molar-refractivity contribution in [3.63, 3.8) is 0 Å². The molecule has 3 nitrogen and oxygen atoms in total. The Balaban J connectivity index is 2.27. The molecule has 1 N–H and O–H groups in total. The summed E-state index contributed by atoms with van der Waals surface area (Å²) >= 11 is 1.39. The molecule has 0 spiro atoms. The summed E-state index contributed by atoms with van der Waals surface area (Å²) in [7, 11) is 0. The van der Waals surface area contributed by atoms with Gasteiger partial charge in [0.2, 0.25) is 5.91 Å². The van der Waals surface area contributed by atoms with Crippen molar-refractivity contribution in [2.75, 3.05) is 18.9 Å². The Morgan fingerprint density at radius 1 is 1.50 bits per heavy atom. The van der Waals surface area contributed by atoms with Crippen molar-refractivity contribution >= 4 is 17.7 Å². The van der Waals surface area contributed by atoms with Crippen LogP contribution in [0.3, 0.4) is 0 Å². The molecule has 1 aliphatic rings. The molecule has 1 atom stereocenters. The number of hydrogen-bond donors (Lipinski definition) is 1. The Morgan fingerprint density at radius 2 is 2.25 bits per heavy atom. The predicted molar refractivity (Wildman–Crippen MR) is 60.4 cm³/mol. The maximum Gasteiger partial charge on any atom is 0.233 e. The molecule has 1 saturated heterocycles. The minimum Gasteiger partial charge on any atom is -0.395 e. The van der Waals surface area contributed by atoms with E-state index in [-0.39, 0.29) is 30.2 Å². The van der Waals surface area contributed by atoms with Gasteiger partial charge in [-0.1, -0.05) is 18.2 Å². The van der Waals surface area contributed by atoms with E-state index in [0.29, 0.717) is 11.3 Å². The largest absolute Gasteiger partial charge is 0.395 e. The highest BCUT2D eigenvalue weighted by atomic mass is 32.2. The number of aliphatic hydroxyl groups excluding tert-OH is 1. The number of benzene rings is 1. The van der Waals surface area contributed by atoms with Crippen molar-refractivity contribution in [2.24, 2.45) is 0 Å². The van der Waals surface area contributed by atoms with Crippen LogP contribution in [-0.2, 0) is 4.79 Å². The molecule has 1 aromatic rings. The van der Waals surface area contributed by atoms with Crippen LogP contribution >= 0.6 is 11.8 Å². The van der Waals surface area contributed by atoms with E-state index in [1.54, 1.807) is 18.2 Å². The summed E-state index contributed by atoms with van der Waals surface area (Å²) in [6, 6.07) is 6.43. The van der Waals surface area contributed by atoms with Crippen LogP contribution in [0.25, 0.3) is 0 Å². The van der Waals surface area contributed by atoms with Gasteiger partial charge in [0.15, 0.2) is 0 Å². The molecule has 0 aromatic heterocycles. The smallest absolute Gasteiger partial charge is 0.233 e. The van der Waals surface area contributed by atoms with Gasteiger partial charge >= 0.3 is 0 Å². The first-order valence-electron chi connectivity index (χ1n) is 5.00. The Labute approximate surface area is 97.3 Å². The van der Waals surface area contributed by atoms with E-state index in [2.05, 4.69) is 0 Å². The molecule has 0 aliphatic carbocycles. The first-order chi connectivity index (χ1) is 7.74. The first kappa shape index (κ1) is 11.4. The highest BCUT2D eigenvalue weighted by Gasteiger charge is 2.33. The molecule has 16 heavy (non-hydrogen) atoms. The summed E-state index contributed by atoms with van der Waals surface area (Å²) in [5.74, 6) is -0.0103. The monoisotopic (exact) mass is 241 g/mol. The summed E-state index contributed by atoms with van der Waals surface area (Å²) < 4.78 is 13.6. The van der Waals surface area contributed by atoms with Crippen LogP contribution in [0.1, 0.15) is 10.9 Å². The van der Waals surface area contributed by atoms with Crippen molar-refractivity contribution in [2.45, 2.75) is 5.37 Å². The fourth-order valence-corrected chi connectivity index (χ4v) is 2.98. The number of halogens is 1. The normalized spacial score (nSPS) is 20.5. The highest BCUT2D eigenvalue weighted by molar-refractivity contribution is 8.00. The number of carbonyl (C=O) groups is 1. The molecule has 1 fully saturated rings. The molecule has 1 amide bonds. The van der Waals surface area contributed by atoms with E-state index in [9.17, 15) is 9.18 Å². The Hall–Kier alpha value is -1.07. The second-order valence-electron chi connectivity index (χ2n) is 3.50. The molecular weight excluding hydrogens is 229 g/mol. The number of rotatable bonds is 3. The third-order valence-electron chi connectivity index (χ3n) is 2.48. The molecule has 0 bridgehead atoms. The van der Waals surface area contributed by atoms with Crippen molar-refractivity contribution in [1.29, 1.82) is 0 Å². The lowest BCUT2D eigenvalue weighted by molar-refractivity contribution is -0.128. The van der Waals surface area contributed by atoms with Gasteiger partial charge < -0.3 is 10.0 Å². The number of amides is 1. The van der Waals surface area contributed by atoms with Crippen LogP contribution in [0.5, 0.6) is 0 Å². The van der Waals surface area contributed by atoms with Gasteiger partial charge in [0, 0.05) is 12.1 Å². The number of β-amino-alcohol motifs (C(OH)–C–C–N with tert-alkyl or cyclic N) is 1. The fourth-order valence-electron chi connectivity index (χ4n) is 1.74. The zero-order valence-corrected chi connectivity index (χ0v) is 9.41. The molecule has 0 unspecified atom stereocenters. The number of nitrogens with zero attached hydrogens (tertiary/aromatic N) is 1. The van der Waals surface area contributed by atoms with E-state index < -0.39 is 0 Å². The molecule has 86 valence electrons. The van der Waals surface area contributed by atoms with Crippen LogP contribution in [0.2, 0.25) is 0 Å². The lowest BCUT2D eigenvalue weighted by atomic mass is 10.2. The van der Waals surface area contributed by atoms with Crippen LogP contribution in [0, 0.1) is 5.82 Å². The fraction of sp³-hybridized carbons (Fsp3) is 0.364. The quantitative estimate of drug-likeness (QED) is 0.869. The summed E-state index contributed by atoms with van der Waals surface area (Å²) in [6.45, 7) is 0.155. The summed E-state index contributed by atoms with van der Waals surface area (Å²) in [6.07, 6.45) is 0. The third kappa shape index (κ3) is 2.05. The van der Waals surface area contributed by atoms with E-state index in [1.165, 1.54) is 22.7 Å². The second kappa shape index (κ2) is 4.84. The van der Waals surface area contributed by atoms with Crippen LogP contribution in [0.15, 0.2) is 24.3 Å². The first-order valence-corrected chi connectivity index (χ1v) is 6.05. The SMILES string of the molecule is O=C1CS[C@@H](c2ccccc2F)N1CCO. The Kier molecular flexibility index (Phi) is 3.46. The van der Waals surface area contributed by atoms with Crippen molar-refractivity contribution in [3.05, 3.63) is 35.6 Å². The molecule has 5 heteroatoms. The molecule has 0 radical (unpaired) electrons. The average molecular weight is 241 g/mol. The molecular formula is C11H12FNO2S. The van der Waals surface area contributed by atoms with Crippen LogP contribution < -0.4 is 0 Å². The maximum atomic E-state index is 13.6. The Morgan fingerprint density at radius 3 is 2.94 bits per heavy atom. The third-order valence-corrected chi connectivity index (χ3v) is 3.72. The molecule has 1 aliphatic heterocycles. The van der Waals surface area contributed by atoms with E-state index in [4.69, 9.17) is 5.11 Å². The van der Waals surface area contributed by atoms with Gasteiger partial charge in [-0.25, -0.2) is 4.39 Å². The lowest BCUT2D eigenvalue weighted by Crippen LogP contribution is -2.31. The second-order valence-corrected chi connectivity index (χ2v) is 4.56.